The van der Waals surface area contributed by atoms with Crippen molar-refractivity contribution in [2.45, 2.75) is 52.9 Å². The Morgan fingerprint density at radius 2 is 1.56 bits per heavy atom. The number of para-hydroxylation sites is 1. The molecule has 1 aromatic carbocycles. The molecule has 2 nitrogen and oxygen atoms in total. The molecule has 0 N–H and O–H groups in total. The lowest BCUT2D eigenvalue weighted by molar-refractivity contribution is 0.656. The molecule has 0 radical (unpaired) electrons. The van der Waals surface area contributed by atoms with Crippen molar-refractivity contribution in [3.8, 4) is 0 Å². The highest BCUT2D eigenvalue weighted by Gasteiger charge is 1.94. The molecule has 0 aliphatic carbocycles. The lowest BCUT2D eigenvalue weighted by Gasteiger charge is -1.96. The summed E-state index contributed by atoms with van der Waals surface area (Å²) in [5.74, 6) is 0. The van der Waals surface area contributed by atoms with Crippen molar-refractivity contribution in [3.05, 3.63) is 36.3 Å². The second-order valence-electron chi connectivity index (χ2n) is 4.54. The molecule has 2 rings (SSSR count). The monoisotopic (exact) mass is 244 g/mol. The number of aromatic nitrogens is 2. The van der Waals surface area contributed by atoms with Gasteiger partial charge in [0.05, 0.1) is 5.52 Å². The molecule has 0 saturated heterocycles. The standard InChI is InChI=1S/C9H8N2.C7H16/c1-7-8-4-2-3-5-9(8)11-6-10-7;1-3-5-7-6-4-2/h2-6H,1H3;3-7H2,1-2H3. The predicted octanol–water partition coefficient (Wildman–Crippen LogP) is 4.91. The maximum absolute atomic E-state index is 4.13. The highest BCUT2D eigenvalue weighted by Crippen LogP contribution is 2.11. The molecule has 0 unspecified atom stereocenters. The fourth-order valence-corrected chi connectivity index (χ4v) is 1.82. The van der Waals surface area contributed by atoms with Crippen LogP contribution in [0.2, 0.25) is 0 Å². The van der Waals surface area contributed by atoms with E-state index in [1.807, 2.05) is 31.2 Å². The van der Waals surface area contributed by atoms with E-state index in [-0.39, 0.29) is 0 Å². The predicted molar refractivity (Wildman–Crippen MR) is 78.7 cm³/mol. The van der Waals surface area contributed by atoms with Crippen molar-refractivity contribution >= 4 is 10.9 Å². The van der Waals surface area contributed by atoms with E-state index in [0.717, 1.165) is 16.6 Å². The maximum atomic E-state index is 4.13. The van der Waals surface area contributed by atoms with Crippen LogP contribution in [-0.4, -0.2) is 9.97 Å². The van der Waals surface area contributed by atoms with Crippen LogP contribution in [0.5, 0.6) is 0 Å². The van der Waals surface area contributed by atoms with Gasteiger partial charge in [-0.15, -0.1) is 0 Å². The van der Waals surface area contributed by atoms with E-state index in [2.05, 4.69) is 23.8 Å². The topological polar surface area (TPSA) is 25.8 Å². The Bertz CT molecular complexity index is 442. The quantitative estimate of drug-likeness (QED) is 0.714. The molecule has 2 heteroatoms. The van der Waals surface area contributed by atoms with E-state index in [4.69, 9.17) is 0 Å². The van der Waals surface area contributed by atoms with Gasteiger partial charge in [0.1, 0.15) is 6.33 Å². The van der Waals surface area contributed by atoms with Gasteiger partial charge in [-0.1, -0.05) is 64.2 Å². The number of aryl methyl sites for hydroxylation is 1. The van der Waals surface area contributed by atoms with Crippen LogP contribution in [-0.2, 0) is 0 Å². The Balaban J connectivity index is 0.000000203. The molecule has 1 heterocycles. The molecule has 0 aliphatic heterocycles. The van der Waals surface area contributed by atoms with Crippen LogP contribution in [0.15, 0.2) is 30.6 Å². The molecule has 98 valence electrons. The Morgan fingerprint density at radius 1 is 0.889 bits per heavy atom. The number of nitrogens with zero attached hydrogens (tertiary/aromatic N) is 2. The zero-order chi connectivity index (χ0) is 13.2. The lowest BCUT2D eigenvalue weighted by Crippen LogP contribution is -1.85. The zero-order valence-corrected chi connectivity index (χ0v) is 11.8. The van der Waals surface area contributed by atoms with Crippen LogP contribution < -0.4 is 0 Å². The Morgan fingerprint density at radius 3 is 2.17 bits per heavy atom. The van der Waals surface area contributed by atoms with Gasteiger partial charge in [0.2, 0.25) is 0 Å². The van der Waals surface area contributed by atoms with E-state index in [1.165, 1.54) is 32.1 Å². The van der Waals surface area contributed by atoms with Crippen LogP contribution in [0.25, 0.3) is 10.9 Å². The third-order valence-electron chi connectivity index (χ3n) is 2.95. The van der Waals surface area contributed by atoms with Gasteiger partial charge in [-0.3, -0.25) is 0 Å². The van der Waals surface area contributed by atoms with Crippen molar-refractivity contribution in [1.82, 2.24) is 9.97 Å². The SMILES string of the molecule is CCCCCCC.Cc1ncnc2ccccc12. The van der Waals surface area contributed by atoms with Crippen LogP contribution in [0.3, 0.4) is 0 Å². The second kappa shape index (κ2) is 8.62. The Labute approximate surface area is 110 Å². The van der Waals surface area contributed by atoms with E-state index in [1.54, 1.807) is 6.33 Å². The number of benzene rings is 1. The van der Waals surface area contributed by atoms with Crippen LogP contribution in [0.1, 0.15) is 51.6 Å². The number of hydrogen-bond acceptors (Lipinski definition) is 2. The van der Waals surface area contributed by atoms with E-state index in [0.29, 0.717) is 0 Å². The highest BCUT2D eigenvalue weighted by molar-refractivity contribution is 5.80. The molecular formula is C16H24N2. The molecule has 0 fully saturated rings. The molecule has 0 bridgehead atoms. The number of fused-ring (bicyclic) bond motifs is 1. The summed E-state index contributed by atoms with van der Waals surface area (Å²) in [5.41, 5.74) is 2.05. The number of rotatable bonds is 4. The minimum absolute atomic E-state index is 1.01. The fraction of sp³-hybridized carbons (Fsp3) is 0.500. The first kappa shape index (κ1) is 14.6. The van der Waals surface area contributed by atoms with Gasteiger partial charge in [0.15, 0.2) is 0 Å². The summed E-state index contributed by atoms with van der Waals surface area (Å²) < 4.78 is 0. The fourth-order valence-electron chi connectivity index (χ4n) is 1.82. The first-order valence-electron chi connectivity index (χ1n) is 6.96. The minimum atomic E-state index is 1.01. The minimum Gasteiger partial charge on any atom is -0.241 e. The average Bonchev–Trinajstić information content (AvgIpc) is 2.41. The van der Waals surface area contributed by atoms with Crippen molar-refractivity contribution in [2.24, 2.45) is 0 Å². The van der Waals surface area contributed by atoms with Crippen LogP contribution >= 0.6 is 0 Å². The summed E-state index contributed by atoms with van der Waals surface area (Å²) in [4.78, 5) is 8.23. The molecule has 2 aromatic rings. The van der Waals surface area contributed by atoms with E-state index >= 15 is 0 Å². The van der Waals surface area contributed by atoms with Gasteiger partial charge in [-0.05, 0) is 13.0 Å². The van der Waals surface area contributed by atoms with Gasteiger partial charge < -0.3 is 0 Å². The lowest BCUT2D eigenvalue weighted by atomic mass is 10.2. The van der Waals surface area contributed by atoms with E-state index < -0.39 is 0 Å². The first-order valence-corrected chi connectivity index (χ1v) is 6.96. The normalized spacial score (nSPS) is 9.94. The largest absolute Gasteiger partial charge is 0.241 e. The Hall–Kier alpha value is -1.44. The van der Waals surface area contributed by atoms with Gasteiger partial charge in [-0.25, -0.2) is 9.97 Å². The summed E-state index contributed by atoms with van der Waals surface area (Å²) in [5, 5.41) is 1.13. The number of unbranched alkanes of at least 4 members (excludes halogenated alkanes) is 4. The molecule has 0 atom stereocenters. The molecule has 18 heavy (non-hydrogen) atoms. The van der Waals surface area contributed by atoms with Gasteiger partial charge in [-0.2, -0.15) is 0 Å². The van der Waals surface area contributed by atoms with Crippen molar-refractivity contribution < 1.29 is 0 Å². The molecule has 0 saturated carbocycles. The van der Waals surface area contributed by atoms with E-state index in [9.17, 15) is 0 Å². The highest BCUT2D eigenvalue weighted by atomic mass is 14.8. The first-order chi connectivity index (χ1) is 8.79. The second-order valence-corrected chi connectivity index (χ2v) is 4.54. The molecule has 0 spiro atoms. The molecular weight excluding hydrogens is 220 g/mol. The smallest absolute Gasteiger partial charge is 0.116 e. The third-order valence-corrected chi connectivity index (χ3v) is 2.95. The summed E-state index contributed by atoms with van der Waals surface area (Å²) in [7, 11) is 0. The molecule has 0 amide bonds. The third kappa shape index (κ3) is 4.82. The Kier molecular flexibility index (Phi) is 7.00. The number of hydrogen-bond donors (Lipinski definition) is 0. The summed E-state index contributed by atoms with van der Waals surface area (Å²) in [6.45, 7) is 6.48. The molecule has 1 aromatic heterocycles. The van der Waals surface area contributed by atoms with Crippen LogP contribution in [0.4, 0.5) is 0 Å². The van der Waals surface area contributed by atoms with Crippen molar-refractivity contribution in [2.75, 3.05) is 0 Å². The maximum Gasteiger partial charge on any atom is 0.116 e. The van der Waals surface area contributed by atoms with Crippen LogP contribution in [0, 0.1) is 6.92 Å². The summed E-state index contributed by atoms with van der Waals surface area (Å²) >= 11 is 0. The van der Waals surface area contributed by atoms with Crippen molar-refractivity contribution in [3.63, 3.8) is 0 Å². The zero-order valence-electron chi connectivity index (χ0n) is 11.8. The molecule has 0 aliphatic rings. The van der Waals surface area contributed by atoms with Crippen molar-refractivity contribution in [1.29, 1.82) is 0 Å². The van der Waals surface area contributed by atoms with Gasteiger partial charge in [0.25, 0.3) is 0 Å². The summed E-state index contributed by atoms with van der Waals surface area (Å²) in [6.07, 6.45) is 8.60. The average molecular weight is 244 g/mol. The summed E-state index contributed by atoms with van der Waals surface area (Å²) in [6, 6.07) is 8.00. The van der Waals surface area contributed by atoms with Gasteiger partial charge >= 0.3 is 0 Å². The van der Waals surface area contributed by atoms with Gasteiger partial charge in [0, 0.05) is 11.1 Å².